The number of hydrogen-bond acceptors (Lipinski definition) is 6. The van der Waals surface area contributed by atoms with E-state index in [-0.39, 0.29) is 29.1 Å². The molecule has 1 aliphatic heterocycles. The van der Waals surface area contributed by atoms with Gasteiger partial charge in [-0.15, -0.1) is 0 Å². The highest BCUT2D eigenvalue weighted by atomic mass is 32.2. The number of aliphatic hydroxyl groups excluding tert-OH is 1. The first-order chi connectivity index (χ1) is 13.5. The summed E-state index contributed by atoms with van der Waals surface area (Å²) in [5.74, 6) is -0.527. The van der Waals surface area contributed by atoms with Crippen LogP contribution in [0, 0.1) is 17.3 Å². The van der Waals surface area contributed by atoms with Gasteiger partial charge in [0.25, 0.3) is 0 Å². The van der Waals surface area contributed by atoms with Gasteiger partial charge >= 0.3 is 5.97 Å². The largest absolute Gasteiger partial charge is 0.469 e. The van der Waals surface area contributed by atoms with E-state index in [9.17, 15) is 18.3 Å². The van der Waals surface area contributed by atoms with Gasteiger partial charge in [0.2, 0.25) is 0 Å². The Morgan fingerprint density at radius 2 is 1.93 bits per heavy atom. The Labute approximate surface area is 172 Å². The molecule has 4 rings (SSSR count). The molecule has 0 radical (unpaired) electrons. The smallest absolute Gasteiger partial charge is 0.308 e. The first-order valence-electron chi connectivity index (χ1n) is 10.3. The highest BCUT2D eigenvalue weighted by molar-refractivity contribution is 7.92. The van der Waals surface area contributed by atoms with Gasteiger partial charge < -0.3 is 14.6 Å². The monoisotopic (exact) mass is 422 g/mol. The molecule has 160 valence electrons. The predicted molar refractivity (Wildman–Crippen MR) is 107 cm³/mol. The number of hydrogen-bond donors (Lipinski definition) is 1. The van der Waals surface area contributed by atoms with Crippen LogP contribution >= 0.6 is 0 Å². The minimum atomic E-state index is -3.65. The second kappa shape index (κ2) is 6.53. The maximum absolute atomic E-state index is 13.6. The molecule has 0 unspecified atom stereocenters. The second-order valence-electron chi connectivity index (χ2n) is 9.37. The summed E-state index contributed by atoms with van der Waals surface area (Å²) in [5.41, 5.74) is -2.17. The zero-order valence-electron chi connectivity index (χ0n) is 17.4. The van der Waals surface area contributed by atoms with Crippen LogP contribution in [0.15, 0.2) is 35.2 Å². The Kier molecular flexibility index (Phi) is 4.69. The topological polar surface area (TPSA) is 93.2 Å². The molecule has 1 aromatic rings. The Balaban J connectivity index is 1.74. The van der Waals surface area contributed by atoms with Gasteiger partial charge in [0.05, 0.1) is 29.3 Å². The third-order valence-corrected chi connectivity index (χ3v) is 10.6. The lowest BCUT2D eigenvalue weighted by Gasteiger charge is -2.52. The molecular formula is C22H30O6S. The molecule has 1 heterocycles. The lowest BCUT2D eigenvalue weighted by Crippen LogP contribution is -2.62. The molecule has 0 bridgehead atoms. The molecule has 29 heavy (non-hydrogen) atoms. The molecule has 7 atom stereocenters. The van der Waals surface area contributed by atoms with Gasteiger partial charge in [-0.1, -0.05) is 32.0 Å². The van der Waals surface area contributed by atoms with Crippen molar-refractivity contribution in [2.24, 2.45) is 17.3 Å². The highest BCUT2D eigenvalue weighted by Crippen LogP contribution is 2.72. The van der Waals surface area contributed by atoms with E-state index in [0.717, 1.165) is 6.42 Å². The minimum Gasteiger partial charge on any atom is -0.469 e. The molecule has 2 saturated carbocycles. The van der Waals surface area contributed by atoms with Gasteiger partial charge in [0.1, 0.15) is 11.2 Å². The Hall–Kier alpha value is -1.44. The summed E-state index contributed by atoms with van der Waals surface area (Å²) in [4.78, 5) is 12.4. The van der Waals surface area contributed by atoms with Crippen LogP contribution in [0.3, 0.4) is 0 Å². The molecule has 2 aliphatic carbocycles. The van der Waals surface area contributed by atoms with Crippen molar-refractivity contribution >= 4 is 15.8 Å². The van der Waals surface area contributed by atoms with Crippen LogP contribution in [0.1, 0.15) is 46.5 Å². The molecule has 1 saturated heterocycles. The number of carbonyl (C=O) groups is 1. The lowest BCUT2D eigenvalue weighted by molar-refractivity contribution is -0.148. The number of aliphatic hydroxyl groups is 1. The van der Waals surface area contributed by atoms with Crippen molar-refractivity contribution in [2.45, 2.75) is 73.9 Å². The normalized spacial score (nSPS) is 42.3. The Morgan fingerprint density at radius 3 is 2.55 bits per heavy atom. The van der Waals surface area contributed by atoms with Crippen LogP contribution in [-0.2, 0) is 24.1 Å². The SMILES string of the molecule is COC(=O)[C@@H](C)[C@@H]1CC[C@@]2(C)[C@H](S(=O)(=O)c3ccccc3)C[C@@H](O)[C@@]3(C)O[C@@]23C1. The van der Waals surface area contributed by atoms with E-state index in [4.69, 9.17) is 9.47 Å². The van der Waals surface area contributed by atoms with E-state index < -0.39 is 37.8 Å². The molecule has 0 amide bonds. The van der Waals surface area contributed by atoms with Crippen LogP contribution < -0.4 is 0 Å². The van der Waals surface area contributed by atoms with Crippen LogP contribution in [0.2, 0.25) is 0 Å². The lowest BCUT2D eigenvalue weighted by atomic mass is 9.53. The first-order valence-corrected chi connectivity index (χ1v) is 11.8. The summed E-state index contributed by atoms with van der Waals surface area (Å²) >= 11 is 0. The van der Waals surface area contributed by atoms with E-state index in [2.05, 4.69) is 0 Å². The number of sulfone groups is 1. The maximum atomic E-state index is 13.6. The van der Waals surface area contributed by atoms with E-state index in [1.807, 2.05) is 20.8 Å². The Bertz CT molecular complexity index is 914. The summed E-state index contributed by atoms with van der Waals surface area (Å²) in [6.45, 7) is 5.73. The molecule has 0 aromatic heterocycles. The van der Waals surface area contributed by atoms with E-state index in [0.29, 0.717) is 12.8 Å². The fourth-order valence-corrected chi connectivity index (χ4v) is 8.44. The number of benzene rings is 1. The number of carbonyl (C=O) groups excluding carboxylic acids is 1. The fourth-order valence-electron chi connectivity index (χ4n) is 6.15. The van der Waals surface area contributed by atoms with Gasteiger partial charge in [-0.2, -0.15) is 0 Å². The molecule has 1 N–H and O–H groups in total. The number of methoxy groups -OCH3 is 1. The fraction of sp³-hybridized carbons (Fsp3) is 0.682. The molecular weight excluding hydrogens is 392 g/mol. The second-order valence-corrected chi connectivity index (χ2v) is 11.5. The van der Waals surface area contributed by atoms with Crippen molar-refractivity contribution in [3.05, 3.63) is 30.3 Å². The average molecular weight is 423 g/mol. The zero-order chi connectivity index (χ0) is 21.2. The van der Waals surface area contributed by atoms with E-state index in [1.54, 1.807) is 30.3 Å². The van der Waals surface area contributed by atoms with Crippen LogP contribution in [0.4, 0.5) is 0 Å². The predicted octanol–water partition coefficient (Wildman–Crippen LogP) is 2.74. The van der Waals surface area contributed by atoms with Gasteiger partial charge in [0, 0.05) is 5.41 Å². The number of rotatable bonds is 4. The molecule has 1 aromatic carbocycles. The minimum absolute atomic E-state index is 0.0303. The van der Waals surface area contributed by atoms with Crippen molar-refractivity contribution in [3.8, 4) is 0 Å². The number of ether oxygens (including phenoxy) is 2. The molecule has 1 spiro atoms. The van der Waals surface area contributed by atoms with Crippen molar-refractivity contribution in [2.75, 3.05) is 7.11 Å². The van der Waals surface area contributed by atoms with Crippen molar-refractivity contribution in [1.29, 1.82) is 0 Å². The van der Waals surface area contributed by atoms with Crippen LogP contribution in [0.5, 0.6) is 0 Å². The summed E-state index contributed by atoms with van der Waals surface area (Å²) in [7, 11) is -2.27. The Morgan fingerprint density at radius 1 is 1.28 bits per heavy atom. The highest BCUT2D eigenvalue weighted by Gasteiger charge is 2.83. The summed E-state index contributed by atoms with van der Waals surface area (Å²) in [5, 5.41) is 10.2. The van der Waals surface area contributed by atoms with Gasteiger partial charge in [-0.05, 0) is 50.7 Å². The zero-order valence-corrected chi connectivity index (χ0v) is 18.2. The average Bonchev–Trinajstić information content (AvgIpc) is 3.34. The summed E-state index contributed by atoms with van der Waals surface area (Å²) in [6.07, 6.45) is 1.19. The summed E-state index contributed by atoms with van der Waals surface area (Å²) in [6, 6.07) is 8.46. The van der Waals surface area contributed by atoms with Gasteiger partial charge in [-0.25, -0.2) is 8.42 Å². The number of esters is 1. The molecule has 3 fully saturated rings. The van der Waals surface area contributed by atoms with Gasteiger partial charge in [0.15, 0.2) is 9.84 Å². The maximum Gasteiger partial charge on any atom is 0.308 e. The van der Waals surface area contributed by atoms with E-state index in [1.165, 1.54) is 7.11 Å². The third kappa shape index (κ3) is 2.66. The number of epoxide rings is 1. The molecule has 6 nitrogen and oxygen atoms in total. The third-order valence-electron chi connectivity index (χ3n) is 8.16. The van der Waals surface area contributed by atoms with Crippen LogP contribution in [-0.4, -0.2) is 49.2 Å². The molecule has 3 aliphatic rings. The van der Waals surface area contributed by atoms with Crippen molar-refractivity contribution in [3.63, 3.8) is 0 Å². The first kappa shape index (κ1) is 20.8. The van der Waals surface area contributed by atoms with Crippen LogP contribution in [0.25, 0.3) is 0 Å². The van der Waals surface area contributed by atoms with E-state index >= 15 is 0 Å². The molecule has 7 heteroatoms. The van der Waals surface area contributed by atoms with Gasteiger partial charge in [-0.3, -0.25) is 4.79 Å². The standard InChI is InChI=1S/C22H30O6S/c1-14(19(24)27-4)15-10-11-20(2)18(29(25,26)16-8-6-5-7-9-16)12-17(23)21(3)22(20,13-15)28-21/h5-9,14-15,17-18,23H,10-13H2,1-4H3/t14-,15+,17+,18+,20-,21+,22-/m0/s1. The quantitative estimate of drug-likeness (QED) is 0.592. The van der Waals surface area contributed by atoms with Crippen molar-refractivity contribution < 1.29 is 27.8 Å². The summed E-state index contributed by atoms with van der Waals surface area (Å²) < 4.78 is 38.4. The van der Waals surface area contributed by atoms with Crippen molar-refractivity contribution in [1.82, 2.24) is 0 Å².